The predicted molar refractivity (Wildman–Crippen MR) is 53.7 cm³/mol. The molecule has 0 aromatic heterocycles. The highest BCUT2D eigenvalue weighted by Gasteiger charge is 2.27. The third-order valence-electron chi connectivity index (χ3n) is 3.02. The topological polar surface area (TPSA) is 6.48 Å². The van der Waals surface area contributed by atoms with Gasteiger partial charge in [-0.25, -0.2) is 4.39 Å². The first-order valence-electron chi connectivity index (χ1n) is 5.23. The minimum absolute atomic E-state index is 0.219. The molecular weight excluding hydrogens is 167 g/mol. The fraction of sp³-hybridized carbons (Fsp3) is 1.00. The Balaban J connectivity index is 2.46. The van der Waals surface area contributed by atoms with Crippen LogP contribution in [0.15, 0.2) is 0 Å². The average molecular weight is 188 g/mol. The van der Waals surface area contributed by atoms with Crippen LogP contribution in [0.1, 0.15) is 20.8 Å². The molecule has 3 heteroatoms. The van der Waals surface area contributed by atoms with Gasteiger partial charge in [-0.3, -0.25) is 9.80 Å². The van der Waals surface area contributed by atoms with E-state index in [1.807, 2.05) is 0 Å². The molecular formula is C10H21FN2. The monoisotopic (exact) mass is 188 g/mol. The third-order valence-corrected chi connectivity index (χ3v) is 3.02. The van der Waals surface area contributed by atoms with Crippen molar-refractivity contribution in [2.45, 2.75) is 32.9 Å². The molecule has 1 fully saturated rings. The number of halogens is 1. The first-order valence-corrected chi connectivity index (χ1v) is 5.23. The smallest absolute Gasteiger partial charge is 0.102 e. The normalized spacial score (nSPS) is 32.3. The van der Waals surface area contributed by atoms with Crippen LogP contribution in [0.5, 0.6) is 0 Å². The van der Waals surface area contributed by atoms with Crippen LogP contribution in [-0.4, -0.2) is 54.7 Å². The highest BCUT2D eigenvalue weighted by Crippen LogP contribution is 2.14. The minimum atomic E-state index is -0.219. The van der Waals surface area contributed by atoms with Gasteiger partial charge in [0, 0.05) is 31.7 Å². The van der Waals surface area contributed by atoms with Crippen molar-refractivity contribution in [3.05, 3.63) is 0 Å². The van der Waals surface area contributed by atoms with E-state index in [-0.39, 0.29) is 6.67 Å². The van der Waals surface area contributed by atoms with Crippen LogP contribution in [0, 0.1) is 0 Å². The maximum atomic E-state index is 12.2. The summed E-state index contributed by atoms with van der Waals surface area (Å²) in [5.41, 5.74) is 0. The second kappa shape index (κ2) is 4.91. The predicted octanol–water partition coefficient (Wildman–Crippen LogP) is 1.37. The molecule has 1 heterocycles. The second-order valence-corrected chi connectivity index (χ2v) is 3.97. The number of rotatable bonds is 3. The molecule has 2 nitrogen and oxygen atoms in total. The summed E-state index contributed by atoms with van der Waals surface area (Å²) in [7, 11) is 0. The molecule has 0 spiro atoms. The van der Waals surface area contributed by atoms with Crippen molar-refractivity contribution in [1.29, 1.82) is 0 Å². The number of piperazine rings is 1. The standard InChI is InChI=1S/C10H21FN2/c1-4-12-7-10(3)13(6-5-11)8-9(12)2/h9-10H,4-8H2,1-3H3. The van der Waals surface area contributed by atoms with Gasteiger partial charge in [0.1, 0.15) is 6.67 Å². The number of alkyl halides is 1. The fourth-order valence-corrected chi connectivity index (χ4v) is 2.13. The lowest BCUT2D eigenvalue weighted by molar-refractivity contribution is 0.0428. The average Bonchev–Trinajstić information content (AvgIpc) is 2.11. The van der Waals surface area contributed by atoms with E-state index in [0.717, 1.165) is 19.6 Å². The van der Waals surface area contributed by atoms with Gasteiger partial charge in [-0.05, 0) is 20.4 Å². The lowest BCUT2D eigenvalue weighted by atomic mass is 10.1. The lowest BCUT2D eigenvalue weighted by Crippen LogP contribution is -2.56. The summed E-state index contributed by atoms with van der Waals surface area (Å²) in [4.78, 5) is 4.70. The van der Waals surface area contributed by atoms with Crippen LogP contribution in [-0.2, 0) is 0 Å². The molecule has 2 atom stereocenters. The van der Waals surface area contributed by atoms with Crippen molar-refractivity contribution in [3.63, 3.8) is 0 Å². The van der Waals surface area contributed by atoms with E-state index in [0.29, 0.717) is 18.6 Å². The van der Waals surface area contributed by atoms with E-state index < -0.39 is 0 Å². The quantitative estimate of drug-likeness (QED) is 0.660. The van der Waals surface area contributed by atoms with E-state index in [4.69, 9.17) is 0 Å². The van der Waals surface area contributed by atoms with Gasteiger partial charge < -0.3 is 0 Å². The third kappa shape index (κ3) is 2.64. The zero-order chi connectivity index (χ0) is 9.84. The van der Waals surface area contributed by atoms with Crippen molar-refractivity contribution in [3.8, 4) is 0 Å². The summed E-state index contributed by atoms with van der Waals surface area (Å²) >= 11 is 0. The maximum absolute atomic E-state index is 12.2. The summed E-state index contributed by atoms with van der Waals surface area (Å²) < 4.78 is 12.2. The Hall–Kier alpha value is -0.150. The first kappa shape index (κ1) is 10.9. The van der Waals surface area contributed by atoms with Crippen LogP contribution < -0.4 is 0 Å². The van der Waals surface area contributed by atoms with Gasteiger partial charge in [0.05, 0.1) is 0 Å². The van der Waals surface area contributed by atoms with Crippen LogP contribution >= 0.6 is 0 Å². The number of nitrogens with zero attached hydrogens (tertiary/aromatic N) is 2. The highest BCUT2D eigenvalue weighted by molar-refractivity contribution is 4.83. The molecule has 0 aromatic carbocycles. The van der Waals surface area contributed by atoms with Gasteiger partial charge in [-0.15, -0.1) is 0 Å². The van der Waals surface area contributed by atoms with Crippen molar-refractivity contribution >= 4 is 0 Å². The van der Waals surface area contributed by atoms with Gasteiger partial charge in [-0.2, -0.15) is 0 Å². The molecule has 0 bridgehead atoms. The lowest BCUT2D eigenvalue weighted by Gasteiger charge is -2.43. The Bertz CT molecular complexity index is 152. The Morgan fingerprint density at radius 1 is 1.15 bits per heavy atom. The van der Waals surface area contributed by atoms with E-state index in [2.05, 4.69) is 30.6 Å². The Kier molecular flexibility index (Phi) is 4.13. The summed E-state index contributed by atoms with van der Waals surface area (Å²) in [6, 6.07) is 1.08. The molecule has 1 aliphatic rings. The Morgan fingerprint density at radius 3 is 2.23 bits per heavy atom. The zero-order valence-corrected chi connectivity index (χ0v) is 8.96. The molecule has 0 N–H and O–H groups in total. The number of hydrogen-bond donors (Lipinski definition) is 0. The van der Waals surface area contributed by atoms with Crippen molar-refractivity contribution < 1.29 is 4.39 Å². The Morgan fingerprint density at radius 2 is 1.69 bits per heavy atom. The fourth-order valence-electron chi connectivity index (χ4n) is 2.13. The van der Waals surface area contributed by atoms with E-state index in [1.165, 1.54) is 0 Å². The molecule has 1 saturated heterocycles. The van der Waals surface area contributed by atoms with Gasteiger partial charge in [0.25, 0.3) is 0 Å². The van der Waals surface area contributed by atoms with Crippen molar-refractivity contribution in [2.24, 2.45) is 0 Å². The van der Waals surface area contributed by atoms with Crippen molar-refractivity contribution in [2.75, 3.05) is 32.9 Å². The van der Waals surface area contributed by atoms with Gasteiger partial charge in [0.2, 0.25) is 0 Å². The molecule has 1 aliphatic heterocycles. The molecule has 0 radical (unpaired) electrons. The highest BCUT2D eigenvalue weighted by atomic mass is 19.1. The molecule has 0 aliphatic carbocycles. The largest absolute Gasteiger partial charge is 0.298 e. The summed E-state index contributed by atoms with van der Waals surface area (Å²) in [5.74, 6) is 0. The van der Waals surface area contributed by atoms with Crippen LogP contribution in [0.3, 0.4) is 0 Å². The summed E-state index contributed by atoms with van der Waals surface area (Å²) in [5, 5.41) is 0. The molecule has 0 amide bonds. The van der Waals surface area contributed by atoms with Gasteiger partial charge >= 0.3 is 0 Å². The van der Waals surface area contributed by atoms with Crippen molar-refractivity contribution in [1.82, 2.24) is 9.80 Å². The first-order chi connectivity index (χ1) is 6.19. The molecule has 78 valence electrons. The van der Waals surface area contributed by atoms with Crippen LogP contribution in [0.25, 0.3) is 0 Å². The number of hydrogen-bond acceptors (Lipinski definition) is 2. The number of likely N-dealkylation sites (N-methyl/N-ethyl adjacent to an activating group) is 1. The van der Waals surface area contributed by atoms with Gasteiger partial charge in [-0.1, -0.05) is 6.92 Å². The second-order valence-electron chi connectivity index (χ2n) is 3.97. The maximum Gasteiger partial charge on any atom is 0.102 e. The molecule has 2 unspecified atom stereocenters. The van der Waals surface area contributed by atoms with Gasteiger partial charge in [0.15, 0.2) is 0 Å². The van der Waals surface area contributed by atoms with E-state index in [9.17, 15) is 4.39 Å². The molecule has 0 saturated carbocycles. The van der Waals surface area contributed by atoms with E-state index >= 15 is 0 Å². The molecule has 1 rings (SSSR count). The molecule has 13 heavy (non-hydrogen) atoms. The Labute approximate surface area is 80.7 Å². The van der Waals surface area contributed by atoms with E-state index in [1.54, 1.807) is 0 Å². The molecule has 0 aromatic rings. The van der Waals surface area contributed by atoms with Crippen LogP contribution in [0.4, 0.5) is 4.39 Å². The zero-order valence-electron chi connectivity index (χ0n) is 8.96. The van der Waals surface area contributed by atoms with Crippen LogP contribution in [0.2, 0.25) is 0 Å². The minimum Gasteiger partial charge on any atom is -0.298 e. The summed E-state index contributed by atoms with van der Waals surface area (Å²) in [6.45, 7) is 10.2. The SMILES string of the molecule is CCN1CC(C)N(CCF)CC1C. The summed E-state index contributed by atoms with van der Waals surface area (Å²) in [6.07, 6.45) is 0.